The minimum Gasteiger partial charge on any atom is -0.332 e. The van der Waals surface area contributed by atoms with Gasteiger partial charge in [0.05, 0.1) is 0 Å². The van der Waals surface area contributed by atoms with Gasteiger partial charge in [-0.15, -0.1) is 0 Å². The lowest BCUT2D eigenvalue weighted by molar-refractivity contribution is 0.0978. The maximum absolute atomic E-state index is 12.8. The van der Waals surface area contributed by atoms with Crippen molar-refractivity contribution in [1.82, 2.24) is 5.32 Å². The van der Waals surface area contributed by atoms with E-state index < -0.39 is 0 Å². The maximum Gasteiger partial charge on any atom is 0.258 e. The second-order valence-corrected chi connectivity index (χ2v) is 8.21. The van der Waals surface area contributed by atoms with Gasteiger partial charge >= 0.3 is 0 Å². The zero-order valence-corrected chi connectivity index (χ0v) is 19.3. The molecule has 164 valence electrons. The predicted octanol–water partition coefficient (Wildman–Crippen LogP) is 6.18. The normalized spacial score (nSPS) is 10.5. The molecule has 0 fully saturated rings. The summed E-state index contributed by atoms with van der Waals surface area (Å²) in [6, 6.07) is 25.2. The summed E-state index contributed by atoms with van der Waals surface area (Å²) in [6.07, 6.45) is 0. The molecule has 4 aromatic rings. The number of anilines is 2. The van der Waals surface area contributed by atoms with Crippen molar-refractivity contribution >= 4 is 62.9 Å². The van der Waals surface area contributed by atoms with E-state index in [-0.39, 0.29) is 16.9 Å². The van der Waals surface area contributed by atoms with Gasteiger partial charge in [-0.1, -0.05) is 54.1 Å². The van der Waals surface area contributed by atoms with Gasteiger partial charge in [0, 0.05) is 32.9 Å². The number of hydrogen-bond acceptors (Lipinski definition) is 3. The highest BCUT2D eigenvalue weighted by molar-refractivity contribution is 7.80. The van der Waals surface area contributed by atoms with Crippen LogP contribution in [0.25, 0.3) is 10.8 Å². The molecule has 0 aliphatic rings. The number of aryl methyl sites for hydroxylation is 1. The molecule has 2 amide bonds. The summed E-state index contributed by atoms with van der Waals surface area (Å²) in [5, 5.41) is 10.9. The molecule has 0 saturated carbocycles. The Morgan fingerprint density at radius 3 is 2.27 bits per heavy atom. The van der Waals surface area contributed by atoms with Crippen LogP contribution in [-0.4, -0.2) is 16.9 Å². The van der Waals surface area contributed by atoms with E-state index in [2.05, 4.69) is 16.0 Å². The van der Waals surface area contributed by atoms with Crippen LogP contribution >= 0.6 is 23.8 Å². The third-order valence-corrected chi connectivity index (χ3v) is 5.64. The van der Waals surface area contributed by atoms with E-state index in [1.165, 1.54) is 0 Å². The predicted molar refractivity (Wildman–Crippen MR) is 138 cm³/mol. The van der Waals surface area contributed by atoms with Crippen LogP contribution in [-0.2, 0) is 0 Å². The topological polar surface area (TPSA) is 70.2 Å². The number of nitrogens with one attached hydrogen (secondary N) is 3. The fourth-order valence-corrected chi connectivity index (χ4v) is 3.92. The molecular formula is C26H20ClN3O2S. The highest BCUT2D eigenvalue weighted by Gasteiger charge is 2.13. The van der Waals surface area contributed by atoms with Crippen LogP contribution in [0.3, 0.4) is 0 Å². The average molecular weight is 474 g/mol. The SMILES string of the molecule is Cc1cc(NC(=S)NC(=O)c2cccc3c(Cl)cccc23)ccc1NC(=O)c1ccccc1. The number of halogens is 1. The minimum atomic E-state index is -0.330. The second-order valence-electron chi connectivity index (χ2n) is 7.40. The summed E-state index contributed by atoms with van der Waals surface area (Å²) in [4.78, 5) is 25.2. The smallest absolute Gasteiger partial charge is 0.258 e. The summed E-state index contributed by atoms with van der Waals surface area (Å²) >= 11 is 11.6. The summed E-state index contributed by atoms with van der Waals surface area (Å²) in [6.45, 7) is 1.88. The fourth-order valence-electron chi connectivity index (χ4n) is 3.47. The van der Waals surface area contributed by atoms with Crippen molar-refractivity contribution < 1.29 is 9.59 Å². The van der Waals surface area contributed by atoms with E-state index in [1.807, 2.05) is 43.3 Å². The number of carbonyl (C=O) groups excluding carboxylic acids is 2. The van der Waals surface area contributed by atoms with Gasteiger partial charge in [-0.25, -0.2) is 0 Å². The van der Waals surface area contributed by atoms with Gasteiger partial charge in [-0.2, -0.15) is 0 Å². The van der Waals surface area contributed by atoms with Crippen molar-refractivity contribution in [3.8, 4) is 0 Å². The molecule has 4 rings (SSSR count). The molecule has 0 radical (unpaired) electrons. The number of rotatable bonds is 4. The van der Waals surface area contributed by atoms with E-state index in [0.29, 0.717) is 27.5 Å². The van der Waals surface area contributed by atoms with E-state index in [9.17, 15) is 9.59 Å². The van der Waals surface area contributed by atoms with Crippen LogP contribution < -0.4 is 16.0 Å². The molecule has 0 spiro atoms. The molecule has 7 heteroatoms. The molecule has 0 unspecified atom stereocenters. The van der Waals surface area contributed by atoms with Crippen LogP contribution in [0.1, 0.15) is 26.3 Å². The molecule has 0 atom stereocenters. The Bertz CT molecular complexity index is 1370. The van der Waals surface area contributed by atoms with Crippen LogP contribution in [0.5, 0.6) is 0 Å². The Balaban J connectivity index is 1.43. The molecule has 0 saturated heterocycles. The third-order valence-electron chi connectivity index (χ3n) is 5.11. The summed E-state index contributed by atoms with van der Waals surface area (Å²) < 4.78 is 0. The van der Waals surface area contributed by atoms with Crippen molar-refractivity contribution in [2.75, 3.05) is 10.6 Å². The van der Waals surface area contributed by atoms with Gasteiger partial charge in [0.15, 0.2) is 5.11 Å². The molecule has 3 N–H and O–H groups in total. The second kappa shape index (κ2) is 9.81. The van der Waals surface area contributed by atoms with Crippen molar-refractivity contribution in [2.24, 2.45) is 0 Å². The number of carbonyl (C=O) groups is 2. The first-order valence-electron chi connectivity index (χ1n) is 10.2. The first-order chi connectivity index (χ1) is 15.9. The fraction of sp³-hybridized carbons (Fsp3) is 0.0385. The van der Waals surface area contributed by atoms with Gasteiger partial charge in [0.2, 0.25) is 0 Å². The molecule has 0 heterocycles. The molecule has 5 nitrogen and oxygen atoms in total. The van der Waals surface area contributed by atoms with Crippen LogP contribution in [0.4, 0.5) is 11.4 Å². The molecule has 4 aromatic carbocycles. The van der Waals surface area contributed by atoms with Crippen LogP contribution in [0.2, 0.25) is 5.02 Å². The van der Waals surface area contributed by atoms with Gasteiger partial charge in [0.25, 0.3) is 11.8 Å². The Hall–Kier alpha value is -3.74. The highest BCUT2D eigenvalue weighted by Crippen LogP contribution is 2.26. The molecule has 33 heavy (non-hydrogen) atoms. The molecular weight excluding hydrogens is 454 g/mol. The number of hydrogen-bond donors (Lipinski definition) is 3. The molecule has 0 bridgehead atoms. The Morgan fingerprint density at radius 2 is 1.52 bits per heavy atom. The van der Waals surface area contributed by atoms with Crippen LogP contribution in [0, 0.1) is 6.92 Å². The lowest BCUT2D eigenvalue weighted by Gasteiger charge is -2.14. The van der Waals surface area contributed by atoms with E-state index in [0.717, 1.165) is 16.3 Å². The summed E-state index contributed by atoms with van der Waals surface area (Å²) in [5.74, 6) is -0.513. The molecule has 0 aliphatic heterocycles. The van der Waals surface area contributed by atoms with Crippen molar-refractivity contribution in [3.63, 3.8) is 0 Å². The Kier molecular flexibility index (Phi) is 6.68. The van der Waals surface area contributed by atoms with Crippen molar-refractivity contribution in [3.05, 3.63) is 107 Å². The Labute approximate surface area is 201 Å². The van der Waals surface area contributed by atoms with Gasteiger partial charge in [0.1, 0.15) is 0 Å². The average Bonchev–Trinajstić information content (AvgIpc) is 2.81. The van der Waals surface area contributed by atoms with Gasteiger partial charge in [-0.3, -0.25) is 14.9 Å². The van der Waals surface area contributed by atoms with Crippen molar-refractivity contribution in [1.29, 1.82) is 0 Å². The Morgan fingerprint density at radius 1 is 0.788 bits per heavy atom. The van der Waals surface area contributed by atoms with E-state index in [1.54, 1.807) is 48.5 Å². The molecule has 0 aliphatic carbocycles. The lowest BCUT2D eigenvalue weighted by atomic mass is 10.0. The third kappa shape index (κ3) is 5.19. The number of fused-ring (bicyclic) bond motifs is 1. The number of benzene rings is 4. The monoisotopic (exact) mass is 473 g/mol. The maximum atomic E-state index is 12.8. The highest BCUT2D eigenvalue weighted by atomic mass is 35.5. The lowest BCUT2D eigenvalue weighted by Crippen LogP contribution is -2.34. The largest absolute Gasteiger partial charge is 0.332 e. The minimum absolute atomic E-state index is 0.166. The number of amides is 2. The zero-order chi connectivity index (χ0) is 23.4. The molecule has 0 aromatic heterocycles. The van der Waals surface area contributed by atoms with Crippen molar-refractivity contribution in [2.45, 2.75) is 6.92 Å². The summed E-state index contributed by atoms with van der Waals surface area (Å²) in [5.41, 5.74) is 3.29. The van der Waals surface area contributed by atoms with Gasteiger partial charge in [-0.05, 0) is 72.6 Å². The standard InChI is InChI=1S/C26H20ClN3O2S/c1-16-15-18(13-14-23(16)29-24(31)17-7-3-2-4-8-17)28-26(33)30-25(32)21-11-5-10-20-19(21)9-6-12-22(20)27/h2-15H,1H3,(H,29,31)(H2,28,30,32,33). The van der Waals surface area contributed by atoms with E-state index >= 15 is 0 Å². The summed E-state index contributed by atoms with van der Waals surface area (Å²) in [7, 11) is 0. The van der Waals surface area contributed by atoms with E-state index in [4.69, 9.17) is 23.8 Å². The zero-order valence-electron chi connectivity index (χ0n) is 17.7. The first-order valence-corrected chi connectivity index (χ1v) is 11.0. The number of thiocarbonyl (C=S) groups is 1. The quantitative estimate of drug-likeness (QED) is 0.309. The van der Waals surface area contributed by atoms with Crippen LogP contribution in [0.15, 0.2) is 84.9 Å². The van der Waals surface area contributed by atoms with Gasteiger partial charge < -0.3 is 10.6 Å². The first kappa shape index (κ1) is 22.5.